The van der Waals surface area contributed by atoms with Crippen LogP contribution in [0.15, 0.2) is 53.6 Å². The summed E-state index contributed by atoms with van der Waals surface area (Å²) in [6.45, 7) is 3.29. The Bertz CT molecular complexity index is 854. The zero-order valence-corrected chi connectivity index (χ0v) is 16.2. The molecule has 0 unspecified atom stereocenters. The van der Waals surface area contributed by atoms with Crippen molar-refractivity contribution in [2.75, 3.05) is 7.11 Å². The van der Waals surface area contributed by atoms with Crippen molar-refractivity contribution in [2.24, 2.45) is 5.92 Å². The van der Waals surface area contributed by atoms with Crippen molar-refractivity contribution >= 4 is 15.9 Å². The summed E-state index contributed by atoms with van der Waals surface area (Å²) in [5.41, 5.74) is 2.05. The molecule has 0 saturated carbocycles. The second kappa shape index (κ2) is 8.94. The summed E-state index contributed by atoms with van der Waals surface area (Å²) in [6, 6.07) is 9.88. The summed E-state index contributed by atoms with van der Waals surface area (Å²) in [5, 5.41) is 9.12. The Hall–Kier alpha value is -2.49. The van der Waals surface area contributed by atoms with Gasteiger partial charge in [-0.15, -0.1) is 0 Å². The smallest absolute Gasteiger partial charge is 0.262 e. The van der Waals surface area contributed by atoms with E-state index in [1.54, 1.807) is 43.7 Å². The molecule has 8 nitrogen and oxygen atoms in total. The lowest BCUT2D eigenvalue weighted by Gasteiger charge is -2.31. The molecule has 2 rings (SSSR count). The molecule has 0 bridgehead atoms. The Morgan fingerprint density at radius 3 is 2.37 bits per heavy atom. The standard InChI is InChI=1S/C18H23N3O5S/c1-13(2)17(18(22)20-23)21(12-14-6-4-5-11-19-14)27(24,25)16-9-7-15(26-3)8-10-16/h4-11,13,17,23H,12H2,1-3H3,(H,20,22)/t17-/m1/s1. The number of amides is 1. The van der Waals surface area contributed by atoms with E-state index in [9.17, 15) is 13.2 Å². The van der Waals surface area contributed by atoms with Crippen molar-refractivity contribution in [1.29, 1.82) is 0 Å². The number of hydroxylamine groups is 1. The van der Waals surface area contributed by atoms with E-state index in [4.69, 9.17) is 9.94 Å². The second-order valence-electron chi connectivity index (χ2n) is 6.21. The number of hydrogen-bond acceptors (Lipinski definition) is 6. The molecule has 27 heavy (non-hydrogen) atoms. The first-order chi connectivity index (χ1) is 12.8. The van der Waals surface area contributed by atoms with Crippen molar-refractivity contribution in [1.82, 2.24) is 14.8 Å². The fourth-order valence-electron chi connectivity index (χ4n) is 2.70. The van der Waals surface area contributed by atoms with Gasteiger partial charge in [0.2, 0.25) is 10.0 Å². The van der Waals surface area contributed by atoms with E-state index in [1.807, 2.05) is 0 Å². The zero-order chi connectivity index (χ0) is 20.0. The van der Waals surface area contributed by atoms with Crippen LogP contribution in [-0.4, -0.2) is 42.0 Å². The molecular formula is C18H23N3O5S. The first kappa shape index (κ1) is 20.8. The normalized spacial score (nSPS) is 12.8. The van der Waals surface area contributed by atoms with Crippen LogP contribution >= 0.6 is 0 Å². The number of nitrogens with one attached hydrogen (secondary N) is 1. The van der Waals surface area contributed by atoms with Crippen LogP contribution < -0.4 is 10.2 Å². The highest BCUT2D eigenvalue weighted by molar-refractivity contribution is 7.89. The number of benzene rings is 1. The van der Waals surface area contributed by atoms with Gasteiger partial charge in [-0.05, 0) is 42.3 Å². The molecule has 1 aromatic heterocycles. The van der Waals surface area contributed by atoms with Gasteiger partial charge in [0.15, 0.2) is 0 Å². The summed E-state index contributed by atoms with van der Waals surface area (Å²) in [5.74, 6) is -0.689. The lowest BCUT2D eigenvalue weighted by Crippen LogP contribution is -2.51. The number of rotatable bonds is 8. The molecule has 2 aromatic rings. The van der Waals surface area contributed by atoms with Crippen LogP contribution in [0.5, 0.6) is 5.75 Å². The van der Waals surface area contributed by atoms with Crippen LogP contribution in [0.3, 0.4) is 0 Å². The molecule has 1 heterocycles. The van der Waals surface area contributed by atoms with Crippen LogP contribution in [0, 0.1) is 5.92 Å². The molecule has 0 aliphatic carbocycles. The minimum atomic E-state index is -4.06. The van der Waals surface area contributed by atoms with Gasteiger partial charge >= 0.3 is 0 Å². The Labute approximate surface area is 158 Å². The van der Waals surface area contributed by atoms with Gasteiger partial charge in [-0.3, -0.25) is 15.0 Å². The van der Waals surface area contributed by atoms with Crippen molar-refractivity contribution < 1.29 is 23.2 Å². The molecule has 1 amide bonds. The largest absolute Gasteiger partial charge is 0.497 e. The number of sulfonamides is 1. The fraction of sp³-hybridized carbons (Fsp3) is 0.333. The predicted molar refractivity (Wildman–Crippen MR) is 98.5 cm³/mol. The SMILES string of the molecule is COc1ccc(S(=O)(=O)N(Cc2ccccn2)[C@@H](C(=O)NO)C(C)C)cc1. The van der Waals surface area contributed by atoms with Gasteiger partial charge in [-0.2, -0.15) is 4.31 Å². The molecule has 146 valence electrons. The van der Waals surface area contributed by atoms with Gasteiger partial charge in [0.25, 0.3) is 5.91 Å². The average Bonchev–Trinajstić information content (AvgIpc) is 2.67. The summed E-state index contributed by atoms with van der Waals surface area (Å²) in [7, 11) is -2.57. The maximum absolute atomic E-state index is 13.3. The third kappa shape index (κ3) is 4.82. The van der Waals surface area contributed by atoms with Crippen LogP contribution in [0.4, 0.5) is 0 Å². The Balaban J connectivity index is 2.53. The summed E-state index contributed by atoms with van der Waals surface area (Å²) in [4.78, 5) is 16.4. The molecule has 1 aromatic carbocycles. The number of carbonyl (C=O) groups excluding carboxylic acids is 1. The van der Waals surface area contributed by atoms with Gasteiger partial charge in [0.1, 0.15) is 11.8 Å². The van der Waals surface area contributed by atoms with Gasteiger partial charge < -0.3 is 4.74 Å². The van der Waals surface area contributed by atoms with Crippen molar-refractivity contribution in [2.45, 2.75) is 31.3 Å². The van der Waals surface area contributed by atoms with Crippen molar-refractivity contribution in [3.63, 3.8) is 0 Å². The lowest BCUT2D eigenvalue weighted by molar-refractivity contribution is -0.134. The van der Waals surface area contributed by atoms with Crippen molar-refractivity contribution in [3.8, 4) is 5.75 Å². The third-order valence-electron chi connectivity index (χ3n) is 4.03. The topological polar surface area (TPSA) is 109 Å². The van der Waals surface area contributed by atoms with Gasteiger partial charge in [0, 0.05) is 6.20 Å². The van der Waals surface area contributed by atoms with E-state index >= 15 is 0 Å². The Morgan fingerprint density at radius 1 is 1.22 bits per heavy atom. The van der Waals surface area contributed by atoms with Crippen LogP contribution in [0.2, 0.25) is 0 Å². The molecular weight excluding hydrogens is 370 g/mol. The number of aromatic nitrogens is 1. The number of hydrogen-bond donors (Lipinski definition) is 2. The molecule has 0 spiro atoms. The molecule has 0 aliphatic heterocycles. The first-order valence-corrected chi connectivity index (χ1v) is 9.75. The maximum Gasteiger partial charge on any atom is 0.262 e. The van der Waals surface area contributed by atoms with E-state index in [-0.39, 0.29) is 11.4 Å². The van der Waals surface area contributed by atoms with Gasteiger partial charge in [-0.25, -0.2) is 13.9 Å². The minimum Gasteiger partial charge on any atom is -0.497 e. The molecule has 0 saturated heterocycles. The van der Waals surface area contributed by atoms with E-state index < -0.39 is 27.9 Å². The van der Waals surface area contributed by atoms with Gasteiger partial charge in [-0.1, -0.05) is 19.9 Å². The summed E-state index contributed by atoms with van der Waals surface area (Å²) < 4.78 is 32.7. The first-order valence-electron chi connectivity index (χ1n) is 8.31. The lowest BCUT2D eigenvalue weighted by atomic mass is 10.0. The molecule has 1 atom stereocenters. The quantitative estimate of drug-likeness (QED) is 0.523. The number of carbonyl (C=O) groups is 1. The average molecular weight is 393 g/mol. The van der Waals surface area contributed by atoms with E-state index in [1.165, 1.54) is 31.4 Å². The summed E-state index contributed by atoms with van der Waals surface area (Å²) >= 11 is 0. The molecule has 0 aliphatic rings. The Morgan fingerprint density at radius 2 is 1.89 bits per heavy atom. The second-order valence-corrected chi connectivity index (χ2v) is 8.10. The van der Waals surface area contributed by atoms with Crippen LogP contribution in [0.1, 0.15) is 19.5 Å². The van der Waals surface area contributed by atoms with E-state index in [0.717, 1.165) is 4.31 Å². The van der Waals surface area contributed by atoms with E-state index in [2.05, 4.69) is 4.98 Å². The fourth-order valence-corrected chi connectivity index (χ4v) is 4.39. The highest BCUT2D eigenvalue weighted by Gasteiger charge is 2.38. The molecule has 0 fully saturated rings. The molecule has 0 radical (unpaired) electrons. The summed E-state index contributed by atoms with van der Waals surface area (Å²) in [6.07, 6.45) is 1.55. The van der Waals surface area contributed by atoms with E-state index in [0.29, 0.717) is 11.4 Å². The zero-order valence-electron chi connectivity index (χ0n) is 15.4. The minimum absolute atomic E-state index is 0.00983. The maximum atomic E-state index is 13.3. The molecule has 9 heteroatoms. The number of nitrogens with zero attached hydrogens (tertiary/aromatic N) is 2. The van der Waals surface area contributed by atoms with Crippen molar-refractivity contribution in [3.05, 3.63) is 54.4 Å². The number of pyridine rings is 1. The number of methoxy groups -OCH3 is 1. The highest BCUT2D eigenvalue weighted by Crippen LogP contribution is 2.25. The van der Waals surface area contributed by atoms with Gasteiger partial charge in [0.05, 0.1) is 24.2 Å². The van der Waals surface area contributed by atoms with Crippen LogP contribution in [-0.2, 0) is 21.4 Å². The predicted octanol–water partition coefficient (Wildman–Crippen LogP) is 1.81. The van der Waals surface area contributed by atoms with Crippen LogP contribution in [0.25, 0.3) is 0 Å². The number of ether oxygens (including phenoxy) is 1. The monoisotopic (exact) mass is 393 g/mol. The third-order valence-corrected chi connectivity index (χ3v) is 5.87. The highest BCUT2D eigenvalue weighted by atomic mass is 32.2. The molecule has 2 N–H and O–H groups in total. The Kier molecular flexibility index (Phi) is 6.89.